The van der Waals surface area contributed by atoms with Gasteiger partial charge in [0, 0.05) is 28.8 Å². The number of carbonyl (C=O) groups is 1. The number of esters is 1. The Morgan fingerprint density at radius 1 is 1.42 bits per heavy atom. The molecule has 24 heavy (non-hydrogen) atoms. The van der Waals surface area contributed by atoms with E-state index in [0.29, 0.717) is 6.54 Å². The molecule has 1 saturated carbocycles. The van der Waals surface area contributed by atoms with Crippen molar-refractivity contribution < 1.29 is 30.0 Å². The summed E-state index contributed by atoms with van der Waals surface area (Å²) < 4.78 is 4.85. The standard InChI is InChI=1S/C16H23NO6S/c1-8-3-4-9(24-8)7-17-10(15(21)23-2)6-16(22)12(17)5-11(18)13(19)14(16)20/h3-4,10-14,18-20,22H,5-7H2,1-2H3/t10-,11-,12+,13-,14-,16-/m0/s1. The molecular weight excluding hydrogens is 334 g/mol. The van der Waals surface area contributed by atoms with Gasteiger partial charge in [0.05, 0.1) is 13.2 Å². The molecule has 0 amide bonds. The lowest BCUT2D eigenvalue weighted by Crippen LogP contribution is -2.64. The number of hydrogen-bond acceptors (Lipinski definition) is 8. The zero-order chi connectivity index (χ0) is 17.6. The van der Waals surface area contributed by atoms with Gasteiger partial charge in [-0.1, -0.05) is 0 Å². The zero-order valence-electron chi connectivity index (χ0n) is 13.6. The maximum absolute atomic E-state index is 12.2. The van der Waals surface area contributed by atoms with Crippen LogP contribution in [0.3, 0.4) is 0 Å². The van der Waals surface area contributed by atoms with E-state index in [1.54, 1.807) is 16.2 Å². The summed E-state index contributed by atoms with van der Waals surface area (Å²) in [6.07, 6.45) is -4.08. The fourth-order valence-electron chi connectivity index (χ4n) is 3.92. The van der Waals surface area contributed by atoms with E-state index in [0.717, 1.165) is 9.75 Å². The van der Waals surface area contributed by atoms with Crippen LogP contribution in [0.25, 0.3) is 0 Å². The third kappa shape index (κ3) is 2.77. The van der Waals surface area contributed by atoms with E-state index < -0.39 is 42.0 Å². The quantitative estimate of drug-likeness (QED) is 0.534. The van der Waals surface area contributed by atoms with Crippen LogP contribution in [0.2, 0.25) is 0 Å². The molecule has 6 atom stereocenters. The minimum Gasteiger partial charge on any atom is -0.468 e. The van der Waals surface area contributed by atoms with Gasteiger partial charge in [0.1, 0.15) is 23.9 Å². The van der Waals surface area contributed by atoms with Crippen molar-refractivity contribution in [1.29, 1.82) is 0 Å². The van der Waals surface area contributed by atoms with E-state index in [2.05, 4.69) is 0 Å². The van der Waals surface area contributed by atoms with Crippen LogP contribution in [0.1, 0.15) is 22.6 Å². The summed E-state index contributed by atoms with van der Waals surface area (Å²) >= 11 is 1.59. The second-order valence-electron chi connectivity index (χ2n) is 6.67. The normalized spacial score (nSPS) is 39.7. The van der Waals surface area contributed by atoms with Gasteiger partial charge in [-0.25, -0.2) is 0 Å². The molecule has 1 aromatic rings. The lowest BCUT2D eigenvalue weighted by atomic mass is 9.75. The van der Waals surface area contributed by atoms with Gasteiger partial charge in [-0.15, -0.1) is 11.3 Å². The van der Waals surface area contributed by atoms with Crippen molar-refractivity contribution in [3.05, 3.63) is 21.9 Å². The summed E-state index contributed by atoms with van der Waals surface area (Å²) in [5, 5.41) is 41.2. The highest BCUT2D eigenvalue weighted by Crippen LogP contribution is 2.44. The Labute approximate surface area is 144 Å². The molecule has 134 valence electrons. The topological polar surface area (TPSA) is 110 Å². The highest BCUT2D eigenvalue weighted by molar-refractivity contribution is 7.11. The van der Waals surface area contributed by atoms with Crippen molar-refractivity contribution in [2.75, 3.05) is 7.11 Å². The van der Waals surface area contributed by atoms with Crippen LogP contribution in [-0.2, 0) is 16.1 Å². The van der Waals surface area contributed by atoms with Gasteiger partial charge in [0.15, 0.2) is 0 Å². The van der Waals surface area contributed by atoms with Gasteiger partial charge < -0.3 is 25.2 Å². The maximum Gasteiger partial charge on any atom is 0.323 e. The highest BCUT2D eigenvalue weighted by Gasteiger charge is 2.62. The maximum atomic E-state index is 12.2. The molecule has 2 fully saturated rings. The lowest BCUT2D eigenvalue weighted by Gasteiger charge is -2.45. The van der Waals surface area contributed by atoms with Gasteiger partial charge in [0.25, 0.3) is 0 Å². The molecule has 8 heteroatoms. The number of fused-ring (bicyclic) bond motifs is 1. The second-order valence-corrected chi connectivity index (χ2v) is 8.05. The first kappa shape index (κ1) is 17.8. The average Bonchev–Trinajstić information content (AvgIpc) is 3.08. The Kier molecular flexibility index (Phi) is 4.71. The number of methoxy groups -OCH3 is 1. The van der Waals surface area contributed by atoms with E-state index >= 15 is 0 Å². The van der Waals surface area contributed by atoms with Crippen LogP contribution in [0.5, 0.6) is 0 Å². The first-order valence-electron chi connectivity index (χ1n) is 7.93. The van der Waals surface area contributed by atoms with Crippen molar-refractivity contribution >= 4 is 17.3 Å². The molecule has 0 radical (unpaired) electrons. The summed E-state index contributed by atoms with van der Waals surface area (Å²) in [6, 6.07) is 2.55. The van der Waals surface area contributed by atoms with Crippen molar-refractivity contribution in [3.8, 4) is 0 Å². The zero-order valence-corrected chi connectivity index (χ0v) is 14.4. The Bertz CT molecular complexity index is 621. The van der Waals surface area contributed by atoms with Crippen LogP contribution in [0.15, 0.2) is 12.1 Å². The number of carbonyl (C=O) groups excluding carboxylic acids is 1. The summed E-state index contributed by atoms with van der Waals surface area (Å²) in [6.45, 7) is 2.39. The van der Waals surface area contributed by atoms with E-state index in [9.17, 15) is 25.2 Å². The molecule has 0 bridgehead atoms. The van der Waals surface area contributed by atoms with Crippen LogP contribution in [0, 0.1) is 6.92 Å². The lowest BCUT2D eigenvalue weighted by molar-refractivity contribution is -0.197. The Balaban J connectivity index is 1.94. The van der Waals surface area contributed by atoms with E-state index in [1.165, 1.54) is 7.11 Å². The molecule has 1 saturated heterocycles. The van der Waals surface area contributed by atoms with Crippen LogP contribution < -0.4 is 0 Å². The molecule has 4 N–H and O–H groups in total. The molecular formula is C16H23NO6S. The van der Waals surface area contributed by atoms with Crippen LogP contribution in [0.4, 0.5) is 0 Å². The molecule has 0 aromatic carbocycles. The van der Waals surface area contributed by atoms with Crippen molar-refractivity contribution in [2.45, 2.75) is 62.3 Å². The number of nitrogens with zero attached hydrogens (tertiary/aromatic N) is 1. The first-order valence-corrected chi connectivity index (χ1v) is 8.75. The molecule has 1 aromatic heterocycles. The van der Waals surface area contributed by atoms with E-state index in [-0.39, 0.29) is 12.8 Å². The monoisotopic (exact) mass is 357 g/mol. The summed E-state index contributed by atoms with van der Waals surface area (Å²) in [5.74, 6) is -0.498. The smallest absolute Gasteiger partial charge is 0.323 e. The largest absolute Gasteiger partial charge is 0.468 e. The number of ether oxygens (including phenoxy) is 1. The van der Waals surface area contributed by atoms with Gasteiger partial charge in [-0.05, 0) is 25.5 Å². The van der Waals surface area contributed by atoms with Gasteiger partial charge in [-0.3, -0.25) is 9.69 Å². The summed E-state index contributed by atoms with van der Waals surface area (Å²) in [7, 11) is 1.28. The van der Waals surface area contributed by atoms with Gasteiger partial charge in [-0.2, -0.15) is 0 Å². The molecule has 2 aliphatic rings. The highest BCUT2D eigenvalue weighted by atomic mass is 32.1. The summed E-state index contributed by atoms with van der Waals surface area (Å²) in [4.78, 5) is 16.1. The Morgan fingerprint density at radius 3 is 2.71 bits per heavy atom. The number of rotatable bonds is 3. The first-order chi connectivity index (χ1) is 11.3. The number of thiophene rings is 1. The number of hydrogen-bond donors (Lipinski definition) is 4. The molecule has 2 heterocycles. The second kappa shape index (κ2) is 6.36. The predicted molar refractivity (Wildman–Crippen MR) is 86.4 cm³/mol. The fraction of sp³-hybridized carbons (Fsp3) is 0.688. The number of aliphatic hydroxyl groups is 4. The summed E-state index contributed by atoms with van der Waals surface area (Å²) in [5.41, 5.74) is -1.66. The third-order valence-corrected chi connectivity index (χ3v) is 6.19. The minimum atomic E-state index is -1.66. The van der Waals surface area contributed by atoms with Crippen molar-refractivity contribution in [1.82, 2.24) is 4.90 Å². The van der Waals surface area contributed by atoms with Crippen LogP contribution in [-0.4, -0.2) is 74.4 Å². The SMILES string of the molecule is COC(=O)[C@@H]1C[C@@]2(O)[C@@H](O)[C@@H](O)[C@@H](O)C[C@H]2N1Cc1ccc(C)s1. The average molecular weight is 357 g/mol. The Hall–Kier alpha value is -1.03. The molecule has 1 aliphatic carbocycles. The van der Waals surface area contributed by atoms with Crippen molar-refractivity contribution in [2.24, 2.45) is 0 Å². The molecule has 0 unspecified atom stereocenters. The fourth-order valence-corrected chi connectivity index (χ4v) is 4.82. The van der Waals surface area contributed by atoms with E-state index in [1.807, 2.05) is 19.1 Å². The minimum absolute atomic E-state index is 0.0420. The van der Waals surface area contributed by atoms with Crippen LogP contribution >= 0.6 is 11.3 Å². The van der Waals surface area contributed by atoms with E-state index in [4.69, 9.17) is 4.74 Å². The third-order valence-electron chi connectivity index (χ3n) is 5.20. The Morgan fingerprint density at radius 2 is 2.12 bits per heavy atom. The molecule has 0 spiro atoms. The van der Waals surface area contributed by atoms with Gasteiger partial charge in [0.2, 0.25) is 0 Å². The van der Waals surface area contributed by atoms with Gasteiger partial charge >= 0.3 is 5.97 Å². The number of aliphatic hydroxyl groups excluding tert-OH is 3. The van der Waals surface area contributed by atoms with Crippen molar-refractivity contribution in [3.63, 3.8) is 0 Å². The molecule has 3 rings (SSSR count). The molecule has 1 aliphatic heterocycles. The number of aryl methyl sites for hydroxylation is 1. The predicted octanol–water partition coefficient (Wildman–Crippen LogP) is -0.610. The number of likely N-dealkylation sites (tertiary alicyclic amines) is 1. The molecule has 7 nitrogen and oxygen atoms in total.